The van der Waals surface area contributed by atoms with Gasteiger partial charge in [0.15, 0.2) is 0 Å². The molecule has 0 aliphatic heterocycles. The maximum atomic E-state index is 12.3. The van der Waals surface area contributed by atoms with Gasteiger partial charge in [-0.1, -0.05) is 72.1 Å². The Morgan fingerprint density at radius 1 is 0.867 bits per heavy atom. The van der Waals surface area contributed by atoms with Crippen LogP contribution < -0.4 is 11.1 Å². The fourth-order valence-corrected chi connectivity index (χ4v) is 3.36. The molecule has 0 radical (unpaired) electrons. The summed E-state index contributed by atoms with van der Waals surface area (Å²) in [5, 5.41) is 2.62. The van der Waals surface area contributed by atoms with Gasteiger partial charge in [0.25, 0.3) is 0 Å². The smallest absolute Gasteiger partial charge is 0.329 e. The van der Waals surface area contributed by atoms with Crippen LogP contribution in [0.15, 0.2) is 0 Å². The second kappa shape index (κ2) is 19.3. The van der Waals surface area contributed by atoms with Gasteiger partial charge in [0.05, 0.1) is 13.0 Å². The summed E-state index contributed by atoms with van der Waals surface area (Å²) in [7, 11) is 0. The Morgan fingerprint density at radius 2 is 1.43 bits per heavy atom. The number of carbonyl (C=O) groups is 3. The maximum Gasteiger partial charge on any atom is 0.329 e. The average Bonchev–Trinajstić information content (AvgIpc) is 2.71. The highest BCUT2D eigenvalue weighted by atomic mass is 16.5. The number of primary amides is 1. The molecular formula is C23H45N3O4. The topological polar surface area (TPSA) is 102 Å². The van der Waals surface area contributed by atoms with Crippen LogP contribution in [-0.4, -0.2) is 55.0 Å². The van der Waals surface area contributed by atoms with E-state index < -0.39 is 17.9 Å². The lowest BCUT2D eigenvalue weighted by molar-refractivity contribution is -0.149. The molecule has 7 nitrogen and oxygen atoms in total. The predicted molar refractivity (Wildman–Crippen MR) is 121 cm³/mol. The molecule has 0 fully saturated rings. The van der Waals surface area contributed by atoms with E-state index in [1.807, 2.05) is 0 Å². The van der Waals surface area contributed by atoms with Gasteiger partial charge in [0, 0.05) is 13.0 Å². The number of hydrogen-bond acceptors (Lipinski definition) is 5. The third kappa shape index (κ3) is 16.2. The molecular weight excluding hydrogens is 382 g/mol. The molecule has 2 amide bonds. The Morgan fingerprint density at radius 3 is 1.97 bits per heavy atom. The van der Waals surface area contributed by atoms with Crippen molar-refractivity contribution in [2.45, 2.75) is 104 Å². The van der Waals surface area contributed by atoms with Gasteiger partial charge in [0.1, 0.15) is 6.04 Å². The van der Waals surface area contributed by atoms with Gasteiger partial charge in [-0.15, -0.1) is 0 Å². The molecule has 0 spiro atoms. The lowest BCUT2D eigenvalue weighted by Gasteiger charge is -2.19. The summed E-state index contributed by atoms with van der Waals surface area (Å²) >= 11 is 0. The van der Waals surface area contributed by atoms with Crippen LogP contribution in [0, 0.1) is 0 Å². The largest absolute Gasteiger partial charge is 0.464 e. The fraction of sp³-hybridized carbons (Fsp3) is 0.870. The maximum absolute atomic E-state index is 12.3. The number of esters is 1. The summed E-state index contributed by atoms with van der Waals surface area (Å²) < 4.78 is 5.26. The summed E-state index contributed by atoms with van der Waals surface area (Å²) in [6.07, 6.45) is 11.4. The molecule has 7 heteroatoms. The van der Waals surface area contributed by atoms with E-state index in [9.17, 15) is 14.4 Å². The molecule has 0 bridgehead atoms. The molecule has 0 heterocycles. The molecule has 1 atom stereocenters. The SMILES string of the molecule is CCCCCCCCCCCC(=O)NC(CC(N)=O)C(=O)OCCCN(CC)CC. The summed E-state index contributed by atoms with van der Waals surface area (Å²) in [6, 6.07) is -0.998. The van der Waals surface area contributed by atoms with Crippen LogP contribution in [0.25, 0.3) is 0 Å². The first-order valence-electron chi connectivity index (χ1n) is 11.9. The molecule has 0 aromatic heterocycles. The van der Waals surface area contributed by atoms with Crippen molar-refractivity contribution in [3.8, 4) is 0 Å². The first-order valence-corrected chi connectivity index (χ1v) is 11.9. The number of ether oxygens (including phenoxy) is 1. The molecule has 0 aliphatic carbocycles. The van der Waals surface area contributed by atoms with E-state index in [0.29, 0.717) is 12.8 Å². The van der Waals surface area contributed by atoms with Crippen molar-refractivity contribution < 1.29 is 19.1 Å². The van der Waals surface area contributed by atoms with Crippen LogP contribution in [0.5, 0.6) is 0 Å². The average molecular weight is 428 g/mol. The highest BCUT2D eigenvalue weighted by Crippen LogP contribution is 2.10. The third-order valence-electron chi connectivity index (χ3n) is 5.29. The van der Waals surface area contributed by atoms with E-state index in [-0.39, 0.29) is 18.9 Å². The lowest BCUT2D eigenvalue weighted by Crippen LogP contribution is -2.44. The number of nitrogens with zero attached hydrogens (tertiary/aromatic N) is 1. The number of nitrogens with one attached hydrogen (secondary N) is 1. The van der Waals surface area contributed by atoms with Crippen molar-refractivity contribution in [2.24, 2.45) is 5.73 Å². The Bertz CT molecular complexity index is 467. The minimum absolute atomic E-state index is 0.232. The zero-order valence-corrected chi connectivity index (χ0v) is 19.5. The number of rotatable bonds is 20. The Kier molecular flexibility index (Phi) is 18.3. The summed E-state index contributed by atoms with van der Waals surface area (Å²) in [5.41, 5.74) is 5.23. The van der Waals surface area contributed by atoms with Crippen LogP contribution in [0.3, 0.4) is 0 Å². The highest BCUT2D eigenvalue weighted by Gasteiger charge is 2.24. The van der Waals surface area contributed by atoms with Crippen LogP contribution in [0.4, 0.5) is 0 Å². The van der Waals surface area contributed by atoms with E-state index in [0.717, 1.165) is 38.9 Å². The number of amides is 2. The van der Waals surface area contributed by atoms with E-state index in [4.69, 9.17) is 10.5 Å². The van der Waals surface area contributed by atoms with E-state index >= 15 is 0 Å². The van der Waals surface area contributed by atoms with Crippen LogP contribution in [0.2, 0.25) is 0 Å². The quantitative estimate of drug-likeness (QED) is 0.229. The summed E-state index contributed by atoms with van der Waals surface area (Å²) in [4.78, 5) is 37.9. The Hall–Kier alpha value is -1.63. The third-order valence-corrected chi connectivity index (χ3v) is 5.29. The van der Waals surface area contributed by atoms with Crippen molar-refractivity contribution in [3.05, 3.63) is 0 Å². The predicted octanol–water partition coefficient (Wildman–Crippen LogP) is 3.54. The van der Waals surface area contributed by atoms with Crippen molar-refractivity contribution in [3.63, 3.8) is 0 Å². The Labute approximate surface area is 183 Å². The molecule has 0 aliphatic rings. The van der Waals surface area contributed by atoms with Crippen molar-refractivity contribution in [1.82, 2.24) is 10.2 Å². The van der Waals surface area contributed by atoms with Crippen LogP contribution >= 0.6 is 0 Å². The van der Waals surface area contributed by atoms with Crippen LogP contribution in [0.1, 0.15) is 97.8 Å². The van der Waals surface area contributed by atoms with Gasteiger partial charge in [-0.3, -0.25) is 9.59 Å². The van der Waals surface area contributed by atoms with Gasteiger partial charge in [-0.05, 0) is 25.9 Å². The van der Waals surface area contributed by atoms with E-state index in [1.165, 1.54) is 38.5 Å². The van der Waals surface area contributed by atoms with Gasteiger partial charge in [-0.25, -0.2) is 4.79 Å². The molecule has 0 aromatic carbocycles. The van der Waals surface area contributed by atoms with Gasteiger partial charge in [-0.2, -0.15) is 0 Å². The molecule has 0 aromatic rings. The zero-order valence-electron chi connectivity index (χ0n) is 19.5. The fourth-order valence-electron chi connectivity index (χ4n) is 3.36. The standard InChI is InChI=1S/C23H45N3O4/c1-4-7-8-9-10-11-12-13-14-16-22(28)25-20(19-21(24)27)23(29)30-18-15-17-26(5-2)6-3/h20H,4-19H2,1-3H3,(H2,24,27)(H,25,28). The highest BCUT2D eigenvalue weighted by molar-refractivity contribution is 5.88. The molecule has 0 saturated heterocycles. The number of hydrogen-bond donors (Lipinski definition) is 2. The second-order valence-corrected chi connectivity index (χ2v) is 7.92. The van der Waals surface area contributed by atoms with Crippen molar-refractivity contribution in [2.75, 3.05) is 26.2 Å². The summed E-state index contributed by atoms with van der Waals surface area (Å²) in [5.74, 6) is -1.46. The zero-order chi connectivity index (χ0) is 22.6. The molecule has 3 N–H and O–H groups in total. The van der Waals surface area contributed by atoms with Crippen LogP contribution in [-0.2, 0) is 19.1 Å². The van der Waals surface area contributed by atoms with Gasteiger partial charge in [0.2, 0.25) is 11.8 Å². The monoisotopic (exact) mass is 427 g/mol. The van der Waals surface area contributed by atoms with Crippen molar-refractivity contribution in [1.29, 1.82) is 0 Å². The number of unbranched alkanes of at least 4 members (excludes halogenated alkanes) is 8. The molecule has 30 heavy (non-hydrogen) atoms. The number of nitrogens with two attached hydrogens (primary N) is 1. The Balaban J connectivity index is 4.09. The minimum atomic E-state index is -0.998. The second-order valence-electron chi connectivity index (χ2n) is 7.92. The molecule has 1 unspecified atom stereocenters. The van der Waals surface area contributed by atoms with E-state index in [2.05, 4.69) is 31.0 Å². The van der Waals surface area contributed by atoms with Gasteiger partial charge < -0.3 is 20.7 Å². The summed E-state index contributed by atoms with van der Waals surface area (Å²) in [6.45, 7) is 9.38. The first-order chi connectivity index (χ1) is 14.4. The molecule has 176 valence electrons. The lowest BCUT2D eigenvalue weighted by atomic mass is 10.1. The molecule has 0 rings (SSSR count). The number of carbonyl (C=O) groups excluding carboxylic acids is 3. The minimum Gasteiger partial charge on any atom is -0.464 e. The molecule has 0 saturated carbocycles. The van der Waals surface area contributed by atoms with E-state index in [1.54, 1.807) is 0 Å². The van der Waals surface area contributed by atoms with Crippen molar-refractivity contribution >= 4 is 17.8 Å². The van der Waals surface area contributed by atoms with Gasteiger partial charge >= 0.3 is 5.97 Å². The normalized spacial score (nSPS) is 12.0. The first kappa shape index (κ1) is 28.4.